The van der Waals surface area contributed by atoms with Crippen LogP contribution in [0.15, 0.2) is 64.5 Å². The van der Waals surface area contributed by atoms with Crippen LogP contribution in [0.4, 0.5) is 5.69 Å². The lowest BCUT2D eigenvalue weighted by molar-refractivity contribution is -0.110. The van der Waals surface area contributed by atoms with Gasteiger partial charge in [0.25, 0.3) is 0 Å². The van der Waals surface area contributed by atoms with Crippen LogP contribution in [-0.4, -0.2) is 19.9 Å². The summed E-state index contributed by atoms with van der Waals surface area (Å²) in [5.74, 6) is -0.0181. The Balaban J connectivity index is 1.61. The quantitative estimate of drug-likeness (QED) is 0.399. The van der Waals surface area contributed by atoms with Crippen LogP contribution >= 0.6 is 38.6 Å². The molecule has 0 spiro atoms. The first-order chi connectivity index (χ1) is 12.5. The van der Waals surface area contributed by atoms with Crippen LogP contribution < -0.4 is 4.90 Å². The Hall–Kier alpha value is -1.95. The number of thiophene rings is 2. The third kappa shape index (κ3) is 5.04. The van der Waals surface area contributed by atoms with Gasteiger partial charge in [0.1, 0.15) is 0 Å². The van der Waals surface area contributed by atoms with Crippen LogP contribution in [0.1, 0.15) is 10.4 Å². The predicted molar refractivity (Wildman–Crippen MR) is 119 cm³/mol. The highest BCUT2D eigenvalue weighted by Crippen LogP contribution is 2.35. The summed E-state index contributed by atoms with van der Waals surface area (Å²) >= 11 is 6.88. The van der Waals surface area contributed by atoms with E-state index >= 15 is 0 Å². The van der Waals surface area contributed by atoms with Gasteiger partial charge in [-0.05, 0) is 76.1 Å². The molecule has 1 aromatic carbocycles. The second kappa shape index (κ2) is 8.62. The minimum atomic E-state index is -0.0181. The van der Waals surface area contributed by atoms with Crippen LogP contribution in [0.3, 0.4) is 0 Å². The van der Waals surface area contributed by atoms with E-state index in [1.54, 1.807) is 34.8 Å². The molecule has 5 heteroatoms. The number of halogens is 1. The molecule has 2 nitrogen and oxygen atoms in total. The molecular formula is C21H18BrNOS2. The highest BCUT2D eigenvalue weighted by atomic mass is 79.9. The fraction of sp³-hybridized carbons (Fsp3) is 0.0952. The van der Waals surface area contributed by atoms with Gasteiger partial charge in [0.15, 0.2) is 5.78 Å². The standard InChI is InChI=1S/C21H18BrNOS2/c1-23(2)16-6-3-15(4-7-16)5-8-17(24)9-10-18-11-12-19(25-18)20-13-14-21(22)26-20/h3-14H,1-2H3/b8-5+,10-9+. The van der Waals surface area contributed by atoms with Crippen molar-refractivity contribution >= 4 is 62.2 Å². The topological polar surface area (TPSA) is 20.3 Å². The summed E-state index contributed by atoms with van der Waals surface area (Å²) < 4.78 is 1.12. The number of rotatable bonds is 6. The Bertz CT molecular complexity index is 949. The van der Waals surface area contributed by atoms with Crippen LogP contribution in [0.2, 0.25) is 0 Å². The number of ketones is 1. The third-order valence-electron chi connectivity index (χ3n) is 3.70. The molecule has 0 amide bonds. The predicted octanol–water partition coefficient (Wildman–Crippen LogP) is 6.60. The molecule has 0 unspecified atom stereocenters. The van der Waals surface area contributed by atoms with Crippen molar-refractivity contribution in [2.45, 2.75) is 0 Å². The number of hydrogen-bond donors (Lipinski definition) is 0. The van der Waals surface area contributed by atoms with Gasteiger partial charge in [0.05, 0.1) is 3.79 Å². The van der Waals surface area contributed by atoms with Crippen molar-refractivity contribution in [1.29, 1.82) is 0 Å². The molecule has 132 valence electrons. The molecule has 0 fully saturated rings. The average molecular weight is 444 g/mol. The molecule has 3 aromatic rings. The van der Waals surface area contributed by atoms with E-state index in [-0.39, 0.29) is 5.78 Å². The SMILES string of the molecule is CN(C)c1ccc(/C=C/C(=O)/C=C/c2ccc(-c3ccc(Br)s3)s2)cc1. The molecule has 0 saturated heterocycles. The first kappa shape index (κ1) is 18.8. The molecule has 0 aliphatic heterocycles. The maximum absolute atomic E-state index is 12.1. The molecular weight excluding hydrogens is 426 g/mol. The zero-order valence-electron chi connectivity index (χ0n) is 14.5. The summed E-state index contributed by atoms with van der Waals surface area (Å²) in [4.78, 5) is 17.6. The monoisotopic (exact) mass is 443 g/mol. The van der Waals surface area contributed by atoms with Crippen molar-refractivity contribution in [1.82, 2.24) is 0 Å². The summed E-state index contributed by atoms with van der Waals surface area (Å²) in [6, 6.07) is 16.4. The average Bonchev–Trinajstić information content (AvgIpc) is 3.27. The largest absolute Gasteiger partial charge is 0.378 e. The van der Waals surface area contributed by atoms with Crippen molar-refractivity contribution in [2.75, 3.05) is 19.0 Å². The Morgan fingerprint density at radius 1 is 0.885 bits per heavy atom. The second-order valence-corrected chi connectivity index (χ2v) is 9.44. The number of benzene rings is 1. The van der Waals surface area contributed by atoms with Crippen molar-refractivity contribution in [3.63, 3.8) is 0 Å². The zero-order valence-corrected chi connectivity index (χ0v) is 17.7. The van der Waals surface area contributed by atoms with Gasteiger partial charge in [0.2, 0.25) is 0 Å². The Labute approximate surface area is 170 Å². The van der Waals surface area contributed by atoms with Gasteiger partial charge in [-0.3, -0.25) is 4.79 Å². The normalized spacial score (nSPS) is 11.5. The molecule has 0 bridgehead atoms. The van der Waals surface area contributed by atoms with Crippen LogP contribution in [0, 0.1) is 0 Å². The van der Waals surface area contributed by atoms with Crippen molar-refractivity contribution < 1.29 is 4.79 Å². The lowest BCUT2D eigenvalue weighted by Crippen LogP contribution is -2.07. The zero-order chi connectivity index (χ0) is 18.5. The highest BCUT2D eigenvalue weighted by molar-refractivity contribution is 9.11. The van der Waals surface area contributed by atoms with E-state index in [9.17, 15) is 4.79 Å². The van der Waals surface area contributed by atoms with Crippen molar-refractivity contribution in [3.05, 3.63) is 74.9 Å². The van der Waals surface area contributed by atoms with Crippen LogP contribution in [0.5, 0.6) is 0 Å². The molecule has 0 atom stereocenters. The van der Waals surface area contributed by atoms with Gasteiger partial charge in [-0.15, -0.1) is 22.7 Å². The molecule has 0 aliphatic carbocycles. The van der Waals surface area contributed by atoms with E-state index in [1.165, 1.54) is 9.75 Å². The first-order valence-corrected chi connectivity index (χ1v) is 10.5. The highest BCUT2D eigenvalue weighted by Gasteiger charge is 2.04. The maximum atomic E-state index is 12.1. The van der Waals surface area contributed by atoms with Crippen LogP contribution in [0.25, 0.3) is 21.9 Å². The van der Waals surface area contributed by atoms with Gasteiger partial charge in [0, 0.05) is 34.4 Å². The maximum Gasteiger partial charge on any atom is 0.178 e. The molecule has 0 N–H and O–H groups in total. The summed E-state index contributed by atoms with van der Waals surface area (Å²) in [5.41, 5.74) is 2.15. The Morgan fingerprint density at radius 2 is 1.54 bits per heavy atom. The number of carbonyl (C=O) groups is 1. The Morgan fingerprint density at radius 3 is 2.19 bits per heavy atom. The number of nitrogens with zero attached hydrogens (tertiary/aromatic N) is 1. The van der Waals surface area contributed by atoms with Gasteiger partial charge in [-0.2, -0.15) is 0 Å². The van der Waals surface area contributed by atoms with Gasteiger partial charge >= 0.3 is 0 Å². The molecule has 2 aromatic heterocycles. The van der Waals surface area contributed by atoms with Crippen LogP contribution in [-0.2, 0) is 4.79 Å². The van der Waals surface area contributed by atoms with E-state index in [2.05, 4.69) is 34.1 Å². The van der Waals surface area contributed by atoms with E-state index in [0.717, 1.165) is 19.9 Å². The van der Waals surface area contributed by atoms with Gasteiger partial charge < -0.3 is 4.90 Å². The van der Waals surface area contributed by atoms with E-state index in [4.69, 9.17) is 0 Å². The summed E-state index contributed by atoms with van der Waals surface area (Å²) in [5, 5.41) is 0. The molecule has 26 heavy (non-hydrogen) atoms. The Kier molecular flexibility index (Phi) is 6.25. The number of hydrogen-bond acceptors (Lipinski definition) is 4. The molecule has 2 heterocycles. The van der Waals surface area contributed by atoms with Gasteiger partial charge in [-0.1, -0.05) is 18.2 Å². The molecule has 3 rings (SSSR count). The van der Waals surface area contributed by atoms with E-state index < -0.39 is 0 Å². The molecule has 0 radical (unpaired) electrons. The smallest absolute Gasteiger partial charge is 0.178 e. The fourth-order valence-electron chi connectivity index (χ4n) is 2.30. The molecule has 0 aliphatic rings. The fourth-order valence-corrected chi connectivity index (χ4v) is 4.69. The van der Waals surface area contributed by atoms with Gasteiger partial charge in [-0.25, -0.2) is 0 Å². The van der Waals surface area contributed by atoms with Crippen molar-refractivity contribution in [2.24, 2.45) is 0 Å². The first-order valence-electron chi connectivity index (χ1n) is 8.04. The van der Waals surface area contributed by atoms with E-state index in [0.29, 0.717) is 0 Å². The lowest BCUT2D eigenvalue weighted by atomic mass is 10.1. The number of carbonyl (C=O) groups excluding carboxylic acids is 1. The molecule has 0 saturated carbocycles. The van der Waals surface area contributed by atoms with Crippen molar-refractivity contribution in [3.8, 4) is 9.75 Å². The minimum absolute atomic E-state index is 0.0181. The summed E-state index contributed by atoms with van der Waals surface area (Å²) in [6.07, 6.45) is 6.94. The third-order valence-corrected chi connectivity index (χ3v) is 6.57. The summed E-state index contributed by atoms with van der Waals surface area (Å²) in [6.45, 7) is 0. The minimum Gasteiger partial charge on any atom is -0.378 e. The lowest BCUT2D eigenvalue weighted by Gasteiger charge is -2.11. The number of anilines is 1. The van der Waals surface area contributed by atoms with E-state index in [1.807, 2.05) is 61.5 Å². The number of allylic oxidation sites excluding steroid dienone is 2. The summed E-state index contributed by atoms with van der Waals surface area (Å²) in [7, 11) is 4.01. The second-order valence-electron chi connectivity index (χ2n) is 5.86.